The number of alkyl halides is 3. The van der Waals surface area contributed by atoms with Gasteiger partial charge in [-0.3, -0.25) is 4.79 Å². The van der Waals surface area contributed by atoms with Crippen LogP contribution in [0.25, 0.3) is 11.0 Å². The van der Waals surface area contributed by atoms with Gasteiger partial charge in [-0.1, -0.05) is 32.0 Å². The summed E-state index contributed by atoms with van der Waals surface area (Å²) in [5.41, 5.74) is 3.76. The molecule has 3 N–H and O–H groups in total. The Labute approximate surface area is 188 Å². The number of furan rings is 1. The molecule has 1 amide bonds. The van der Waals surface area contributed by atoms with Gasteiger partial charge in [0.2, 0.25) is 0 Å². The van der Waals surface area contributed by atoms with Gasteiger partial charge in [-0.25, -0.2) is 4.79 Å². The minimum absolute atomic E-state index is 0.0407. The Hall–Kier alpha value is -3.27. The van der Waals surface area contributed by atoms with Crippen molar-refractivity contribution in [3.8, 4) is 0 Å². The van der Waals surface area contributed by atoms with Crippen LogP contribution in [0.4, 0.5) is 13.2 Å². The lowest BCUT2D eigenvalue weighted by Gasteiger charge is -2.22. The number of halogens is 3. The minimum atomic E-state index is -5.08. The average molecular weight is 465 g/mol. The molecule has 0 spiro atoms. The maximum Gasteiger partial charge on any atom is 0.490 e. The summed E-state index contributed by atoms with van der Waals surface area (Å²) in [6.07, 6.45) is -3.08. The summed E-state index contributed by atoms with van der Waals surface area (Å²) in [5.74, 6) is -1.73. The first-order chi connectivity index (χ1) is 15.5. The van der Waals surface area contributed by atoms with Gasteiger partial charge in [0, 0.05) is 42.5 Å². The number of rotatable bonds is 4. The number of nitrogens with one attached hydrogen (secondary N) is 2. The zero-order chi connectivity index (χ0) is 24.3. The predicted molar refractivity (Wildman–Crippen MR) is 116 cm³/mol. The van der Waals surface area contributed by atoms with E-state index in [-0.39, 0.29) is 17.9 Å². The lowest BCUT2D eigenvalue weighted by Crippen LogP contribution is -2.34. The second kappa shape index (κ2) is 9.70. The van der Waals surface area contributed by atoms with Crippen LogP contribution in [0.15, 0.2) is 40.9 Å². The van der Waals surface area contributed by atoms with E-state index in [4.69, 9.17) is 14.3 Å². The Morgan fingerprint density at radius 3 is 2.48 bits per heavy atom. The zero-order valence-corrected chi connectivity index (χ0v) is 18.5. The molecule has 1 aliphatic rings. The molecule has 7 nitrogen and oxygen atoms in total. The average Bonchev–Trinajstić information content (AvgIpc) is 3.33. The van der Waals surface area contributed by atoms with Gasteiger partial charge in [-0.15, -0.1) is 0 Å². The highest BCUT2D eigenvalue weighted by Gasteiger charge is 2.38. The molecule has 2 aromatic heterocycles. The van der Waals surface area contributed by atoms with E-state index < -0.39 is 12.1 Å². The summed E-state index contributed by atoms with van der Waals surface area (Å²) in [7, 11) is 0. The fourth-order valence-corrected chi connectivity index (χ4v) is 3.77. The number of carboxylic acid groups (broad SMARTS) is 1. The summed E-state index contributed by atoms with van der Waals surface area (Å²) >= 11 is 0. The normalized spacial score (nSPS) is 14.4. The zero-order valence-electron chi connectivity index (χ0n) is 18.5. The molecule has 0 fully saturated rings. The molecule has 4 rings (SSSR count). The number of amides is 1. The van der Waals surface area contributed by atoms with E-state index in [0.717, 1.165) is 53.2 Å². The molecule has 1 aromatic carbocycles. The highest BCUT2D eigenvalue weighted by atomic mass is 19.4. The van der Waals surface area contributed by atoms with Gasteiger partial charge in [0.15, 0.2) is 0 Å². The molecule has 3 aromatic rings. The lowest BCUT2D eigenvalue weighted by atomic mass is 9.97. The number of benzene rings is 1. The van der Waals surface area contributed by atoms with Crippen LogP contribution in [0.3, 0.4) is 0 Å². The third-order valence-electron chi connectivity index (χ3n) is 5.50. The summed E-state index contributed by atoms with van der Waals surface area (Å²) in [6.45, 7) is 8.84. The third kappa shape index (κ3) is 5.39. The Bertz CT molecular complexity index is 1150. The smallest absolute Gasteiger partial charge is 0.475 e. The minimum Gasteiger partial charge on any atom is -0.475 e. The van der Waals surface area contributed by atoms with Crippen LogP contribution in [0, 0.1) is 12.8 Å². The number of carbonyl (C=O) groups is 2. The molecule has 1 unspecified atom stereocenters. The van der Waals surface area contributed by atoms with Crippen molar-refractivity contribution in [2.45, 2.75) is 46.1 Å². The number of hydrogen-bond donors (Lipinski definition) is 3. The number of para-hydroxylation sites is 1. The van der Waals surface area contributed by atoms with Gasteiger partial charge in [0.25, 0.3) is 5.91 Å². The van der Waals surface area contributed by atoms with Gasteiger partial charge in [0.1, 0.15) is 11.3 Å². The fourth-order valence-electron chi connectivity index (χ4n) is 3.77. The molecular weight excluding hydrogens is 439 g/mol. The molecule has 10 heteroatoms. The Kier molecular flexibility index (Phi) is 7.16. The Morgan fingerprint density at radius 1 is 1.21 bits per heavy atom. The highest BCUT2D eigenvalue weighted by molar-refractivity contribution is 5.96. The molecule has 0 radical (unpaired) electrons. The fraction of sp³-hybridized carbons (Fsp3) is 0.391. The van der Waals surface area contributed by atoms with Crippen molar-refractivity contribution >= 4 is 22.8 Å². The molecule has 0 saturated carbocycles. The van der Waals surface area contributed by atoms with E-state index in [2.05, 4.69) is 42.0 Å². The number of fused-ring (bicyclic) bond motifs is 2. The second-order valence-electron chi connectivity index (χ2n) is 8.13. The molecule has 1 aliphatic heterocycles. The quantitative estimate of drug-likeness (QED) is 0.531. The van der Waals surface area contributed by atoms with Crippen LogP contribution in [0.1, 0.15) is 47.3 Å². The maximum atomic E-state index is 13.0. The van der Waals surface area contributed by atoms with Crippen LogP contribution in [-0.2, 0) is 17.9 Å². The summed E-state index contributed by atoms with van der Waals surface area (Å²) in [5, 5.41) is 14.8. The number of carbonyl (C=O) groups excluding carboxylic acids is 1. The van der Waals surface area contributed by atoms with E-state index in [1.165, 1.54) is 0 Å². The van der Waals surface area contributed by atoms with Crippen molar-refractivity contribution in [2.75, 3.05) is 6.54 Å². The molecule has 1 atom stereocenters. The van der Waals surface area contributed by atoms with Crippen molar-refractivity contribution in [1.29, 1.82) is 0 Å². The summed E-state index contributed by atoms with van der Waals surface area (Å²) < 4.78 is 40.0. The number of aliphatic carboxylic acids is 1. The molecular formula is C23H26F3N3O4. The van der Waals surface area contributed by atoms with E-state index in [1.54, 1.807) is 0 Å². The largest absolute Gasteiger partial charge is 0.490 e. The number of nitrogens with zero attached hydrogens (tertiary/aromatic N) is 1. The molecule has 0 saturated heterocycles. The number of hydrogen-bond acceptors (Lipinski definition) is 4. The molecule has 0 bridgehead atoms. The monoisotopic (exact) mass is 465 g/mol. The first-order valence-corrected chi connectivity index (χ1v) is 10.5. The Balaban J connectivity index is 0.000000383. The van der Waals surface area contributed by atoms with Crippen LogP contribution >= 0.6 is 0 Å². The Morgan fingerprint density at radius 2 is 1.88 bits per heavy atom. The van der Waals surface area contributed by atoms with E-state index >= 15 is 0 Å². The summed E-state index contributed by atoms with van der Waals surface area (Å²) in [4.78, 5) is 21.9. The van der Waals surface area contributed by atoms with E-state index in [9.17, 15) is 18.0 Å². The standard InChI is InChI=1S/C21H25N3O2.C2HF3O2/c1-13(2)19(20-14(3)15-6-4-5-7-18(15)26-20)23-21(25)16-8-10-24-11-9-22-12-17(16)24;3-2(4,5)1(6)7/h4-8,10,13,19,22H,9,11-12H2,1-3H3,(H,23,25);(H,6,7). The van der Waals surface area contributed by atoms with E-state index in [1.807, 2.05) is 30.5 Å². The predicted octanol–water partition coefficient (Wildman–Crippen LogP) is 4.41. The van der Waals surface area contributed by atoms with Crippen molar-refractivity contribution in [1.82, 2.24) is 15.2 Å². The summed E-state index contributed by atoms with van der Waals surface area (Å²) in [6, 6.07) is 9.77. The van der Waals surface area contributed by atoms with E-state index in [0.29, 0.717) is 0 Å². The highest BCUT2D eigenvalue weighted by Crippen LogP contribution is 2.33. The van der Waals surface area contributed by atoms with Crippen LogP contribution in [0.2, 0.25) is 0 Å². The SMILES string of the molecule is Cc1c(C(NC(=O)c2ccn3c2CNCC3)C(C)C)oc2ccccc12.O=C(O)C(F)(F)F. The van der Waals surface area contributed by atoms with Gasteiger partial charge in [0.05, 0.1) is 11.6 Å². The number of aryl methyl sites for hydroxylation is 1. The lowest BCUT2D eigenvalue weighted by molar-refractivity contribution is -0.192. The van der Waals surface area contributed by atoms with Crippen LogP contribution in [-0.4, -0.2) is 34.3 Å². The van der Waals surface area contributed by atoms with Gasteiger partial charge in [-0.2, -0.15) is 13.2 Å². The second-order valence-corrected chi connectivity index (χ2v) is 8.13. The van der Waals surface area contributed by atoms with Crippen molar-refractivity contribution in [3.05, 3.63) is 59.1 Å². The van der Waals surface area contributed by atoms with Crippen LogP contribution < -0.4 is 10.6 Å². The molecule has 3 heterocycles. The maximum absolute atomic E-state index is 13.0. The van der Waals surface area contributed by atoms with Crippen LogP contribution in [0.5, 0.6) is 0 Å². The first-order valence-electron chi connectivity index (χ1n) is 10.5. The number of aromatic nitrogens is 1. The topological polar surface area (TPSA) is 96.5 Å². The third-order valence-corrected chi connectivity index (χ3v) is 5.50. The first kappa shape index (κ1) is 24.4. The molecule has 0 aliphatic carbocycles. The molecule has 178 valence electrons. The van der Waals surface area contributed by atoms with Gasteiger partial charge < -0.3 is 24.7 Å². The van der Waals surface area contributed by atoms with Crippen molar-refractivity contribution < 1.29 is 32.3 Å². The van der Waals surface area contributed by atoms with Crippen molar-refractivity contribution in [2.24, 2.45) is 5.92 Å². The molecule has 33 heavy (non-hydrogen) atoms. The van der Waals surface area contributed by atoms with Crippen molar-refractivity contribution in [3.63, 3.8) is 0 Å². The van der Waals surface area contributed by atoms with Gasteiger partial charge >= 0.3 is 12.1 Å². The number of carboxylic acids is 1. The van der Waals surface area contributed by atoms with Gasteiger partial charge in [-0.05, 0) is 25.0 Å².